The van der Waals surface area contributed by atoms with Crippen LogP contribution in [0.4, 0.5) is 4.79 Å². The van der Waals surface area contributed by atoms with E-state index in [9.17, 15) is 9.59 Å². The van der Waals surface area contributed by atoms with Crippen LogP contribution in [-0.4, -0.2) is 24.9 Å². The lowest BCUT2D eigenvalue weighted by molar-refractivity contribution is -0.178. The number of carbonyl (C=O) groups is 2. The Morgan fingerprint density at radius 1 is 1.05 bits per heavy atom. The van der Waals surface area contributed by atoms with Crippen molar-refractivity contribution in [3.63, 3.8) is 0 Å². The minimum Gasteiger partial charge on any atom is -0.425 e. The Labute approximate surface area is 127 Å². The zero-order chi connectivity index (χ0) is 15.8. The van der Waals surface area contributed by atoms with E-state index in [1.54, 1.807) is 13.8 Å². The molecule has 0 bridgehead atoms. The Balaban J connectivity index is 2.35. The standard InChI is InChI=1S/C16H29NO4/c1-11(2)14(18)20-15(12(3)4)21-16(19)17-10-13-8-6-5-7-9-13/h11-13,15H,5-10H2,1-4H3,(H,17,19)/t15-/m0/s1. The normalized spacial score (nSPS) is 17.6. The van der Waals surface area contributed by atoms with E-state index in [0.29, 0.717) is 12.5 Å². The van der Waals surface area contributed by atoms with E-state index < -0.39 is 12.4 Å². The van der Waals surface area contributed by atoms with Crippen LogP contribution in [0.3, 0.4) is 0 Å². The summed E-state index contributed by atoms with van der Waals surface area (Å²) < 4.78 is 10.4. The number of carbonyl (C=O) groups excluding carboxylic acids is 2. The number of esters is 1. The molecule has 1 saturated carbocycles. The predicted octanol–water partition coefficient (Wildman–Crippen LogP) is 3.47. The van der Waals surface area contributed by atoms with Gasteiger partial charge in [0.25, 0.3) is 6.29 Å². The molecule has 1 amide bonds. The van der Waals surface area contributed by atoms with Gasteiger partial charge in [0.2, 0.25) is 0 Å². The van der Waals surface area contributed by atoms with Crippen molar-refractivity contribution in [2.75, 3.05) is 6.54 Å². The fraction of sp³-hybridized carbons (Fsp3) is 0.875. The fourth-order valence-electron chi connectivity index (χ4n) is 2.31. The van der Waals surface area contributed by atoms with E-state index in [-0.39, 0.29) is 17.8 Å². The molecular weight excluding hydrogens is 270 g/mol. The molecule has 5 heteroatoms. The molecule has 1 aliphatic carbocycles. The van der Waals surface area contributed by atoms with Gasteiger partial charge in [0.05, 0.1) is 5.92 Å². The molecule has 1 rings (SSSR count). The molecule has 0 unspecified atom stereocenters. The number of hydrogen-bond donors (Lipinski definition) is 1. The third-order valence-electron chi connectivity index (χ3n) is 3.73. The van der Waals surface area contributed by atoms with Gasteiger partial charge in [-0.1, -0.05) is 47.0 Å². The summed E-state index contributed by atoms with van der Waals surface area (Å²) in [5.74, 6) is -0.121. The van der Waals surface area contributed by atoms with Crippen molar-refractivity contribution in [2.24, 2.45) is 17.8 Å². The molecule has 0 aromatic heterocycles. The fourth-order valence-corrected chi connectivity index (χ4v) is 2.31. The van der Waals surface area contributed by atoms with E-state index in [1.807, 2.05) is 13.8 Å². The lowest BCUT2D eigenvalue weighted by Crippen LogP contribution is -2.37. The van der Waals surface area contributed by atoms with Crippen LogP contribution in [0.5, 0.6) is 0 Å². The minimum absolute atomic E-state index is 0.0758. The number of ether oxygens (including phenoxy) is 2. The first kappa shape index (κ1) is 17.8. The number of alkyl carbamates (subject to hydrolysis) is 1. The number of hydrogen-bond acceptors (Lipinski definition) is 4. The Morgan fingerprint density at radius 3 is 2.19 bits per heavy atom. The van der Waals surface area contributed by atoms with Gasteiger partial charge in [0, 0.05) is 12.5 Å². The van der Waals surface area contributed by atoms with Crippen LogP contribution in [0.15, 0.2) is 0 Å². The summed E-state index contributed by atoms with van der Waals surface area (Å²) in [5.41, 5.74) is 0. The van der Waals surface area contributed by atoms with Gasteiger partial charge in [0.1, 0.15) is 0 Å². The van der Waals surface area contributed by atoms with E-state index in [1.165, 1.54) is 19.3 Å². The summed E-state index contributed by atoms with van der Waals surface area (Å²) in [6, 6.07) is 0. The molecule has 0 spiro atoms. The van der Waals surface area contributed by atoms with E-state index in [0.717, 1.165) is 12.8 Å². The quantitative estimate of drug-likeness (QED) is 0.602. The van der Waals surface area contributed by atoms with Crippen LogP contribution in [0.25, 0.3) is 0 Å². The highest BCUT2D eigenvalue weighted by Gasteiger charge is 2.24. The summed E-state index contributed by atoms with van der Waals surface area (Å²) in [5, 5.41) is 2.79. The van der Waals surface area contributed by atoms with E-state index in [4.69, 9.17) is 9.47 Å². The van der Waals surface area contributed by atoms with Crippen molar-refractivity contribution < 1.29 is 19.1 Å². The average Bonchev–Trinajstić information content (AvgIpc) is 2.45. The summed E-state index contributed by atoms with van der Waals surface area (Å²) in [7, 11) is 0. The topological polar surface area (TPSA) is 64.6 Å². The molecule has 122 valence electrons. The van der Waals surface area contributed by atoms with Crippen LogP contribution in [0.2, 0.25) is 0 Å². The van der Waals surface area contributed by atoms with Crippen molar-refractivity contribution >= 4 is 12.1 Å². The molecule has 0 aromatic rings. The van der Waals surface area contributed by atoms with Gasteiger partial charge in [-0.3, -0.25) is 4.79 Å². The Hall–Kier alpha value is -1.26. The molecule has 5 nitrogen and oxygen atoms in total. The molecule has 0 heterocycles. The summed E-state index contributed by atoms with van der Waals surface area (Å²) >= 11 is 0. The smallest absolute Gasteiger partial charge is 0.410 e. The zero-order valence-electron chi connectivity index (χ0n) is 13.7. The van der Waals surface area contributed by atoms with Gasteiger partial charge >= 0.3 is 12.1 Å². The van der Waals surface area contributed by atoms with Gasteiger partial charge in [-0.2, -0.15) is 0 Å². The van der Waals surface area contributed by atoms with Crippen molar-refractivity contribution in [2.45, 2.75) is 66.1 Å². The Bertz CT molecular complexity index is 335. The zero-order valence-corrected chi connectivity index (χ0v) is 13.7. The lowest BCUT2D eigenvalue weighted by atomic mass is 9.89. The maximum absolute atomic E-state index is 11.8. The van der Waals surface area contributed by atoms with Gasteiger partial charge in [-0.15, -0.1) is 0 Å². The SMILES string of the molecule is CC(C)C(=O)O[C@@H](OC(=O)NCC1CCCCC1)C(C)C. The van der Waals surface area contributed by atoms with E-state index in [2.05, 4.69) is 5.32 Å². The molecule has 0 aliphatic heterocycles. The van der Waals surface area contributed by atoms with Crippen LogP contribution >= 0.6 is 0 Å². The molecular formula is C16H29NO4. The van der Waals surface area contributed by atoms with Crippen molar-refractivity contribution in [3.8, 4) is 0 Å². The summed E-state index contributed by atoms with van der Waals surface area (Å²) in [4.78, 5) is 23.4. The second kappa shape index (κ2) is 8.90. The maximum atomic E-state index is 11.8. The molecule has 1 atom stereocenters. The van der Waals surface area contributed by atoms with Gasteiger partial charge < -0.3 is 14.8 Å². The van der Waals surface area contributed by atoms with Crippen LogP contribution < -0.4 is 5.32 Å². The average molecular weight is 299 g/mol. The van der Waals surface area contributed by atoms with Crippen molar-refractivity contribution in [1.29, 1.82) is 0 Å². The van der Waals surface area contributed by atoms with Crippen LogP contribution in [-0.2, 0) is 14.3 Å². The first-order valence-corrected chi connectivity index (χ1v) is 8.05. The van der Waals surface area contributed by atoms with Gasteiger partial charge in [-0.25, -0.2) is 4.79 Å². The highest BCUT2D eigenvalue weighted by molar-refractivity contribution is 5.72. The van der Waals surface area contributed by atoms with Crippen LogP contribution in [0, 0.1) is 17.8 Å². The Morgan fingerprint density at radius 2 is 1.67 bits per heavy atom. The van der Waals surface area contributed by atoms with Crippen molar-refractivity contribution in [3.05, 3.63) is 0 Å². The number of amides is 1. The molecule has 1 N–H and O–H groups in total. The van der Waals surface area contributed by atoms with Gasteiger partial charge in [-0.05, 0) is 18.8 Å². The molecule has 0 radical (unpaired) electrons. The second-order valence-corrected chi connectivity index (χ2v) is 6.49. The third kappa shape index (κ3) is 6.82. The highest BCUT2D eigenvalue weighted by atomic mass is 16.7. The molecule has 0 aromatic carbocycles. The minimum atomic E-state index is -0.828. The maximum Gasteiger partial charge on any atom is 0.410 e. The molecule has 0 saturated heterocycles. The van der Waals surface area contributed by atoms with Gasteiger partial charge in [0.15, 0.2) is 0 Å². The Kier molecular flexibility index (Phi) is 7.54. The summed E-state index contributed by atoms with van der Waals surface area (Å²) in [6.45, 7) is 7.85. The number of rotatable bonds is 6. The second-order valence-electron chi connectivity index (χ2n) is 6.49. The predicted molar refractivity (Wildman–Crippen MR) is 80.6 cm³/mol. The first-order valence-electron chi connectivity index (χ1n) is 8.05. The monoisotopic (exact) mass is 299 g/mol. The summed E-state index contributed by atoms with van der Waals surface area (Å²) in [6.07, 6.45) is 4.76. The number of nitrogens with one attached hydrogen (secondary N) is 1. The van der Waals surface area contributed by atoms with Crippen LogP contribution in [0.1, 0.15) is 59.8 Å². The first-order chi connectivity index (χ1) is 9.90. The van der Waals surface area contributed by atoms with E-state index >= 15 is 0 Å². The molecule has 1 fully saturated rings. The van der Waals surface area contributed by atoms with Crippen molar-refractivity contribution in [1.82, 2.24) is 5.32 Å². The largest absolute Gasteiger partial charge is 0.425 e. The lowest BCUT2D eigenvalue weighted by Gasteiger charge is -2.24. The molecule has 21 heavy (non-hydrogen) atoms. The molecule has 1 aliphatic rings. The third-order valence-corrected chi connectivity index (χ3v) is 3.73. The highest BCUT2D eigenvalue weighted by Crippen LogP contribution is 2.22.